The lowest BCUT2D eigenvalue weighted by atomic mass is 10.2. The third-order valence-corrected chi connectivity index (χ3v) is 1.70. The molecule has 0 aromatic rings. The summed E-state index contributed by atoms with van der Waals surface area (Å²) in [5.74, 6) is 0.179. The summed E-state index contributed by atoms with van der Waals surface area (Å²) in [6, 6.07) is 0. The monoisotopic (exact) mass is 172 g/mol. The molecule has 0 rings (SSSR count). The first kappa shape index (κ1) is 11.4. The minimum absolute atomic E-state index is 0.179. The molecule has 0 radical (unpaired) electrons. The van der Waals surface area contributed by atoms with E-state index in [-0.39, 0.29) is 5.91 Å². The second-order valence-corrected chi connectivity index (χ2v) is 2.91. The Balaban J connectivity index is 3.10. The summed E-state index contributed by atoms with van der Waals surface area (Å²) in [6.45, 7) is 3.72. The van der Waals surface area contributed by atoms with Crippen molar-refractivity contribution in [1.82, 2.24) is 10.6 Å². The van der Waals surface area contributed by atoms with E-state index in [0.29, 0.717) is 6.42 Å². The highest BCUT2D eigenvalue weighted by atomic mass is 16.1. The number of unbranched alkanes of at least 4 members (excludes halogenated alkanes) is 2. The summed E-state index contributed by atoms with van der Waals surface area (Å²) < 4.78 is 0. The van der Waals surface area contributed by atoms with Gasteiger partial charge in [0.05, 0.1) is 0 Å². The molecule has 0 aromatic heterocycles. The summed E-state index contributed by atoms with van der Waals surface area (Å²) in [4.78, 5) is 11.1. The predicted molar refractivity (Wildman–Crippen MR) is 51.1 cm³/mol. The van der Waals surface area contributed by atoms with E-state index < -0.39 is 0 Å². The lowest BCUT2D eigenvalue weighted by Gasteiger charge is -2.03. The van der Waals surface area contributed by atoms with Crippen LogP contribution in [0.4, 0.5) is 0 Å². The molecule has 0 heterocycles. The molecule has 0 atom stereocenters. The maximum atomic E-state index is 11.1. The second-order valence-electron chi connectivity index (χ2n) is 2.91. The topological polar surface area (TPSA) is 41.1 Å². The van der Waals surface area contributed by atoms with E-state index in [1.165, 1.54) is 6.42 Å². The summed E-state index contributed by atoms with van der Waals surface area (Å²) in [7, 11) is 1.88. The molecular formula is C9H20N2O. The van der Waals surface area contributed by atoms with Gasteiger partial charge in [-0.2, -0.15) is 0 Å². The van der Waals surface area contributed by atoms with Crippen LogP contribution in [0.2, 0.25) is 0 Å². The Morgan fingerprint density at radius 1 is 1.25 bits per heavy atom. The molecule has 0 bridgehead atoms. The molecular weight excluding hydrogens is 152 g/mol. The molecule has 3 nitrogen and oxygen atoms in total. The van der Waals surface area contributed by atoms with E-state index in [1.807, 2.05) is 7.05 Å². The Labute approximate surface area is 74.9 Å². The van der Waals surface area contributed by atoms with Gasteiger partial charge in [0.1, 0.15) is 0 Å². The Morgan fingerprint density at radius 2 is 2.00 bits per heavy atom. The van der Waals surface area contributed by atoms with Gasteiger partial charge in [-0.1, -0.05) is 19.8 Å². The molecule has 3 heteroatoms. The quantitative estimate of drug-likeness (QED) is 0.560. The number of carbonyl (C=O) groups is 1. The van der Waals surface area contributed by atoms with Crippen LogP contribution in [0.5, 0.6) is 0 Å². The lowest BCUT2D eigenvalue weighted by Crippen LogP contribution is -2.30. The van der Waals surface area contributed by atoms with Crippen molar-refractivity contribution in [3.05, 3.63) is 0 Å². The van der Waals surface area contributed by atoms with Crippen LogP contribution in [0.15, 0.2) is 0 Å². The van der Waals surface area contributed by atoms with Gasteiger partial charge < -0.3 is 10.6 Å². The van der Waals surface area contributed by atoms with Crippen molar-refractivity contribution in [3.8, 4) is 0 Å². The van der Waals surface area contributed by atoms with Crippen LogP contribution in [0.25, 0.3) is 0 Å². The van der Waals surface area contributed by atoms with Gasteiger partial charge in [-0.05, 0) is 13.5 Å². The molecule has 0 spiro atoms. The molecule has 0 fully saturated rings. The number of carbonyl (C=O) groups excluding carboxylic acids is 1. The number of hydrogen-bond acceptors (Lipinski definition) is 2. The van der Waals surface area contributed by atoms with Crippen LogP contribution in [0, 0.1) is 0 Å². The molecule has 0 aromatic carbocycles. The van der Waals surface area contributed by atoms with E-state index in [1.54, 1.807) is 0 Å². The zero-order valence-corrected chi connectivity index (χ0v) is 8.15. The van der Waals surface area contributed by atoms with E-state index >= 15 is 0 Å². The Bertz CT molecular complexity index is 103. The third kappa shape index (κ3) is 7.54. The van der Waals surface area contributed by atoms with Crippen LogP contribution in [-0.4, -0.2) is 26.0 Å². The van der Waals surface area contributed by atoms with Crippen LogP contribution < -0.4 is 10.6 Å². The summed E-state index contributed by atoms with van der Waals surface area (Å²) in [6.07, 6.45) is 4.02. The predicted octanol–water partition coefficient (Wildman–Crippen LogP) is 0.902. The lowest BCUT2D eigenvalue weighted by molar-refractivity contribution is -0.121. The van der Waals surface area contributed by atoms with Crippen molar-refractivity contribution in [2.75, 3.05) is 20.1 Å². The van der Waals surface area contributed by atoms with Crippen molar-refractivity contribution in [1.29, 1.82) is 0 Å². The van der Waals surface area contributed by atoms with Crippen molar-refractivity contribution >= 4 is 5.91 Å². The van der Waals surface area contributed by atoms with Crippen LogP contribution in [-0.2, 0) is 4.79 Å². The summed E-state index contributed by atoms with van der Waals surface area (Å²) >= 11 is 0. The second kappa shape index (κ2) is 8.53. The number of rotatable bonds is 7. The minimum Gasteiger partial charge on any atom is -0.355 e. The van der Waals surface area contributed by atoms with Gasteiger partial charge in [-0.15, -0.1) is 0 Å². The highest BCUT2D eigenvalue weighted by Crippen LogP contribution is 1.97. The first-order valence-electron chi connectivity index (χ1n) is 4.72. The molecule has 0 unspecified atom stereocenters. The minimum atomic E-state index is 0.179. The van der Waals surface area contributed by atoms with Gasteiger partial charge in [-0.25, -0.2) is 0 Å². The maximum Gasteiger partial charge on any atom is 0.220 e. The van der Waals surface area contributed by atoms with Gasteiger partial charge in [0.25, 0.3) is 0 Å². The molecule has 2 N–H and O–H groups in total. The van der Waals surface area contributed by atoms with Gasteiger partial charge in [0.15, 0.2) is 0 Å². The fourth-order valence-electron chi connectivity index (χ4n) is 0.951. The number of hydrogen-bond donors (Lipinski definition) is 2. The van der Waals surface area contributed by atoms with Crippen LogP contribution in [0.3, 0.4) is 0 Å². The largest absolute Gasteiger partial charge is 0.355 e. The average Bonchev–Trinajstić information content (AvgIpc) is 2.06. The van der Waals surface area contributed by atoms with Gasteiger partial charge >= 0.3 is 0 Å². The molecule has 0 saturated carbocycles. The van der Waals surface area contributed by atoms with E-state index in [2.05, 4.69) is 17.6 Å². The Morgan fingerprint density at radius 3 is 2.58 bits per heavy atom. The Hall–Kier alpha value is -0.570. The fourth-order valence-corrected chi connectivity index (χ4v) is 0.951. The number of nitrogens with one attached hydrogen (secondary N) is 2. The zero-order chi connectivity index (χ0) is 9.23. The SMILES string of the molecule is CCCCCC(=O)NCCNC. The molecule has 0 saturated heterocycles. The van der Waals surface area contributed by atoms with Gasteiger partial charge in [-0.3, -0.25) is 4.79 Å². The van der Waals surface area contributed by atoms with Crippen LogP contribution >= 0.6 is 0 Å². The highest BCUT2D eigenvalue weighted by molar-refractivity contribution is 5.75. The molecule has 12 heavy (non-hydrogen) atoms. The average molecular weight is 172 g/mol. The van der Waals surface area contributed by atoms with Crippen molar-refractivity contribution in [2.24, 2.45) is 0 Å². The summed E-state index contributed by atoms with van der Waals surface area (Å²) in [5, 5.41) is 5.82. The number of amides is 1. The van der Waals surface area contributed by atoms with Gasteiger partial charge in [0.2, 0.25) is 5.91 Å². The van der Waals surface area contributed by atoms with Crippen molar-refractivity contribution < 1.29 is 4.79 Å². The Kier molecular flexibility index (Phi) is 8.12. The van der Waals surface area contributed by atoms with Gasteiger partial charge in [0, 0.05) is 19.5 Å². The molecule has 72 valence electrons. The summed E-state index contributed by atoms with van der Waals surface area (Å²) in [5.41, 5.74) is 0. The zero-order valence-electron chi connectivity index (χ0n) is 8.15. The molecule has 0 aliphatic carbocycles. The van der Waals surface area contributed by atoms with E-state index in [0.717, 1.165) is 25.9 Å². The molecule has 1 amide bonds. The van der Waals surface area contributed by atoms with E-state index in [9.17, 15) is 4.79 Å². The standard InChI is InChI=1S/C9H20N2O/c1-3-4-5-6-9(12)11-8-7-10-2/h10H,3-8H2,1-2H3,(H,11,12). The van der Waals surface area contributed by atoms with Crippen molar-refractivity contribution in [2.45, 2.75) is 32.6 Å². The smallest absolute Gasteiger partial charge is 0.220 e. The normalized spacial score (nSPS) is 9.83. The molecule has 0 aliphatic heterocycles. The molecule has 0 aliphatic rings. The van der Waals surface area contributed by atoms with E-state index in [4.69, 9.17) is 0 Å². The number of likely N-dealkylation sites (N-methyl/N-ethyl adjacent to an activating group) is 1. The third-order valence-electron chi connectivity index (χ3n) is 1.70. The van der Waals surface area contributed by atoms with Crippen molar-refractivity contribution in [3.63, 3.8) is 0 Å². The first-order chi connectivity index (χ1) is 5.81. The van der Waals surface area contributed by atoms with Crippen LogP contribution in [0.1, 0.15) is 32.6 Å². The maximum absolute atomic E-state index is 11.1. The first-order valence-corrected chi connectivity index (χ1v) is 4.72. The highest BCUT2D eigenvalue weighted by Gasteiger charge is 1.97. The fraction of sp³-hybridized carbons (Fsp3) is 0.889.